The van der Waals surface area contributed by atoms with Crippen molar-refractivity contribution < 1.29 is 4.74 Å². The molecule has 3 aromatic carbocycles. The zero-order valence-electron chi connectivity index (χ0n) is 15.7. The molecule has 1 aromatic heterocycles. The number of benzene rings is 3. The van der Waals surface area contributed by atoms with Gasteiger partial charge in [0.2, 0.25) is 5.88 Å². The number of hydrogen-bond donors (Lipinski definition) is 0. The van der Waals surface area contributed by atoms with E-state index in [4.69, 9.17) is 4.74 Å². The van der Waals surface area contributed by atoms with E-state index in [0.717, 1.165) is 6.42 Å². The van der Waals surface area contributed by atoms with Crippen molar-refractivity contribution in [2.75, 3.05) is 6.61 Å². The molecule has 0 unspecified atom stereocenters. The first-order chi connectivity index (χ1) is 13.9. The Morgan fingerprint density at radius 3 is 1.46 bits per heavy atom. The molecule has 4 aromatic rings. The topological polar surface area (TPSA) is 22.1 Å². The van der Waals surface area contributed by atoms with Crippen molar-refractivity contribution in [3.8, 4) is 5.88 Å². The molecule has 4 rings (SSSR count). The summed E-state index contributed by atoms with van der Waals surface area (Å²) >= 11 is 0. The predicted molar refractivity (Wildman–Crippen MR) is 114 cm³/mol. The third kappa shape index (κ3) is 3.67. The zero-order valence-corrected chi connectivity index (χ0v) is 15.7. The van der Waals surface area contributed by atoms with E-state index < -0.39 is 0 Å². The molecule has 2 nitrogen and oxygen atoms in total. The number of rotatable bonds is 7. The highest BCUT2D eigenvalue weighted by Gasteiger charge is 2.36. The van der Waals surface area contributed by atoms with Gasteiger partial charge in [-0.1, -0.05) is 97.1 Å². The maximum absolute atomic E-state index is 6.01. The molecule has 0 atom stereocenters. The molecule has 0 aliphatic rings. The van der Waals surface area contributed by atoms with Gasteiger partial charge >= 0.3 is 0 Å². The quantitative estimate of drug-likeness (QED) is 0.381. The molecular weight excluding hydrogens is 342 g/mol. The van der Waals surface area contributed by atoms with Crippen molar-refractivity contribution in [1.82, 2.24) is 4.98 Å². The van der Waals surface area contributed by atoms with Crippen LogP contribution in [0, 0.1) is 0 Å². The van der Waals surface area contributed by atoms with Gasteiger partial charge in [-0.15, -0.1) is 0 Å². The minimum atomic E-state index is -0.293. The summed E-state index contributed by atoms with van der Waals surface area (Å²) in [5.41, 5.74) is 3.49. The van der Waals surface area contributed by atoms with Crippen molar-refractivity contribution in [1.29, 1.82) is 0 Å². The lowest BCUT2D eigenvalue weighted by molar-refractivity contribution is 0.277. The number of nitrogens with zero attached hydrogens (tertiary/aromatic N) is 1. The van der Waals surface area contributed by atoms with E-state index in [1.165, 1.54) is 16.7 Å². The number of hydrogen-bond acceptors (Lipinski definition) is 2. The van der Waals surface area contributed by atoms with E-state index >= 15 is 0 Å². The third-order valence-corrected chi connectivity index (χ3v) is 5.16. The number of pyridine rings is 1. The highest BCUT2D eigenvalue weighted by Crippen LogP contribution is 2.42. The summed E-state index contributed by atoms with van der Waals surface area (Å²) < 4.78 is 6.01. The van der Waals surface area contributed by atoms with E-state index in [-0.39, 0.29) is 5.41 Å². The second-order valence-corrected chi connectivity index (χ2v) is 6.77. The lowest BCUT2D eigenvalue weighted by Crippen LogP contribution is -2.31. The number of aromatic nitrogens is 1. The zero-order chi connectivity index (χ0) is 19.1. The van der Waals surface area contributed by atoms with E-state index in [1.807, 2.05) is 18.2 Å². The Labute approximate surface area is 166 Å². The molecule has 0 aliphatic heterocycles. The van der Waals surface area contributed by atoms with Crippen LogP contribution in [0.4, 0.5) is 0 Å². The predicted octanol–water partition coefficient (Wildman–Crippen LogP) is 5.89. The molecule has 0 radical (unpaired) electrons. The van der Waals surface area contributed by atoms with Crippen molar-refractivity contribution >= 4 is 0 Å². The monoisotopic (exact) mass is 365 g/mol. The molecule has 0 saturated heterocycles. The molecule has 0 amide bonds. The Morgan fingerprint density at radius 2 is 1.04 bits per heavy atom. The molecule has 0 saturated carbocycles. The minimum Gasteiger partial charge on any atom is -0.478 e. The average molecular weight is 365 g/mol. The summed E-state index contributed by atoms with van der Waals surface area (Å²) in [6.07, 6.45) is 2.57. The fourth-order valence-corrected chi connectivity index (χ4v) is 3.84. The normalized spacial score (nSPS) is 11.1. The summed E-state index contributed by atoms with van der Waals surface area (Å²) in [7, 11) is 0. The minimum absolute atomic E-state index is 0.293. The van der Waals surface area contributed by atoms with Crippen molar-refractivity contribution in [3.05, 3.63) is 132 Å². The molecule has 0 spiro atoms. The van der Waals surface area contributed by atoms with Gasteiger partial charge in [-0.2, -0.15) is 0 Å². The second kappa shape index (κ2) is 8.53. The second-order valence-electron chi connectivity index (χ2n) is 6.77. The molecular formula is C26H23NO. The van der Waals surface area contributed by atoms with Crippen molar-refractivity contribution in [2.24, 2.45) is 0 Å². The first-order valence-corrected chi connectivity index (χ1v) is 9.60. The van der Waals surface area contributed by atoms with E-state index in [0.29, 0.717) is 12.5 Å². The van der Waals surface area contributed by atoms with Crippen LogP contribution in [0.2, 0.25) is 0 Å². The summed E-state index contributed by atoms with van der Waals surface area (Å²) in [6.45, 7) is 0.565. The van der Waals surface area contributed by atoms with E-state index in [1.54, 1.807) is 6.20 Å². The Morgan fingerprint density at radius 1 is 0.571 bits per heavy atom. The van der Waals surface area contributed by atoms with Crippen LogP contribution >= 0.6 is 0 Å². The van der Waals surface area contributed by atoms with E-state index in [2.05, 4.69) is 96.0 Å². The van der Waals surface area contributed by atoms with Crippen LogP contribution in [0.15, 0.2) is 115 Å². The van der Waals surface area contributed by atoms with Gasteiger partial charge in [-0.05, 0) is 29.2 Å². The van der Waals surface area contributed by atoms with Gasteiger partial charge in [0.05, 0.1) is 6.61 Å². The van der Waals surface area contributed by atoms with Gasteiger partial charge in [-0.25, -0.2) is 4.98 Å². The van der Waals surface area contributed by atoms with Crippen LogP contribution in [0.25, 0.3) is 0 Å². The summed E-state index contributed by atoms with van der Waals surface area (Å²) in [6, 6.07) is 37.8. The first kappa shape index (κ1) is 18.0. The SMILES string of the molecule is c1ccc(C(CCOc2ccccn2)(c2ccccc2)c2ccccc2)cc1. The molecule has 2 heteroatoms. The lowest BCUT2D eigenvalue weighted by Gasteiger charge is -2.36. The number of ether oxygens (including phenoxy) is 1. The maximum atomic E-state index is 6.01. The van der Waals surface area contributed by atoms with E-state index in [9.17, 15) is 0 Å². The third-order valence-electron chi connectivity index (χ3n) is 5.16. The van der Waals surface area contributed by atoms with Crippen molar-refractivity contribution in [3.63, 3.8) is 0 Å². The van der Waals surface area contributed by atoms with Crippen LogP contribution in [0.1, 0.15) is 23.1 Å². The first-order valence-electron chi connectivity index (χ1n) is 9.60. The van der Waals surface area contributed by atoms with Gasteiger partial charge in [0.15, 0.2) is 0 Å². The molecule has 0 aliphatic carbocycles. The fourth-order valence-electron chi connectivity index (χ4n) is 3.84. The summed E-state index contributed by atoms with van der Waals surface area (Å²) in [5, 5.41) is 0. The molecule has 138 valence electrons. The molecule has 0 bridgehead atoms. The highest BCUT2D eigenvalue weighted by atomic mass is 16.5. The lowest BCUT2D eigenvalue weighted by atomic mass is 9.67. The Hall–Kier alpha value is -3.39. The van der Waals surface area contributed by atoms with Gasteiger partial charge in [0.1, 0.15) is 0 Å². The van der Waals surface area contributed by atoms with Gasteiger partial charge in [0.25, 0.3) is 0 Å². The molecule has 0 fully saturated rings. The molecule has 0 N–H and O–H groups in total. The van der Waals surface area contributed by atoms with Crippen LogP contribution in [-0.4, -0.2) is 11.6 Å². The van der Waals surface area contributed by atoms with Crippen LogP contribution < -0.4 is 4.74 Å². The Balaban J connectivity index is 1.79. The Kier molecular flexibility index (Phi) is 5.48. The smallest absolute Gasteiger partial charge is 0.213 e. The molecule has 1 heterocycles. The Bertz CT molecular complexity index is 873. The summed E-state index contributed by atoms with van der Waals surface area (Å²) in [4.78, 5) is 4.29. The van der Waals surface area contributed by atoms with Crippen LogP contribution in [0.5, 0.6) is 5.88 Å². The fraction of sp³-hybridized carbons (Fsp3) is 0.115. The van der Waals surface area contributed by atoms with Crippen LogP contribution in [0.3, 0.4) is 0 Å². The standard InChI is InChI=1S/C26H23NO/c1-4-12-22(13-5-1)26(23-14-6-2-7-15-23,24-16-8-3-9-17-24)19-21-28-25-18-10-11-20-27-25/h1-18,20H,19,21H2. The maximum Gasteiger partial charge on any atom is 0.213 e. The highest BCUT2D eigenvalue weighted by molar-refractivity contribution is 5.50. The average Bonchev–Trinajstić information content (AvgIpc) is 2.79. The van der Waals surface area contributed by atoms with Gasteiger partial charge in [-0.3, -0.25) is 0 Å². The van der Waals surface area contributed by atoms with Crippen molar-refractivity contribution in [2.45, 2.75) is 11.8 Å². The summed E-state index contributed by atoms with van der Waals surface area (Å²) in [5.74, 6) is 0.658. The largest absolute Gasteiger partial charge is 0.478 e. The van der Waals surface area contributed by atoms with Gasteiger partial charge < -0.3 is 4.74 Å². The molecule has 28 heavy (non-hydrogen) atoms. The van der Waals surface area contributed by atoms with Gasteiger partial charge in [0, 0.05) is 17.7 Å². The van der Waals surface area contributed by atoms with Crippen LogP contribution in [-0.2, 0) is 5.41 Å².